The first-order valence-corrected chi connectivity index (χ1v) is 15.6. The minimum Gasteiger partial charge on any atom is -0.497 e. The second-order valence-electron chi connectivity index (χ2n) is 10.6. The van der Waals surface area contributed by atoms with Crippen molar-refractivity contribution in [2.75, 3.05) is 18.0 Å². The summed E-state index contributed by atoms with van der Waals surface area (Å²) in [6.45, 7) is 3.18. The first-order chi connectivity index (χ1) is 20.1. The molecule has 8 nitrogen and oxygen atoms in total. The van der Waals surface area contributed by atoms with Crippen molar-refractivity contribution in [3.8, 4) is 5.75 Å². The highest BCUT2D eigenvalue weighted by Crippen LogP contribution is 2.26. The van der Waals surface area contributed by atoms with Crippen LogP contribution in [0.2, 0.25) is 0 Å². The van der Waals surface area contributed by atoms with Crippen LogP contribution in [0.5, 0.6) is 5.75 Å². The number of carbonyl (C=O) groups is 2. The van der Waals surface area contributed by atoms with E-state index in [1.165, 1.54) is 29.2 Å². The number of methoxy groups -OCH3 is 1. The molecule has 224 valence electrons. The van der Waals surface area contributed by atoms with Gasteiger partial charge in [-0.1, -0.05) is 49.6 Å². The molecule has 4 rings (SSSR count). The molecule has 0 heterocycles. The quantitative estimate of drug-likeness (QED) is 0.310. The molecule has 1 saturated carbocycles. The summed E-state index contributed by atoms with van der Waals surface area (Å²) in [6, 6.07) is 17.6. The number of benzene rings is 3. The minimum absolute atomic E-state index is 0.00190. The molecule has 0 aromatic heterocycles. The Kier molecular flexibility index (Phi) is 10.2. The lowest BCUT2D eigenvalue weighted by Gasteiger charge is -2.33. The SMILES string of the molecule is CCC(C(=O)NC1CCCC1)N(Cc1ccc(OC)cc1)C(=O)CN(c1ccc(F)cc1)S(=O)(=O)c1ccc(C)cc1. The van der Waals surface area contributed by atoms with Gasteiger partial charge in [-0.05, 0) is 80.3 Å². The van der Waals surface area contributed by atoms with Gasteiger partial charge in [0.25, 0.3) is 10.0 Å². The standard InChI is InChI=1S/C32H38FN3O5S/c1-4-30(32(38)34-26-7-5-6-8-26)35(21-24-11-17-28(41-3)18-12-24)31(37)22-36(27-15-13-25(33)14-16-27)42(39,40)29-19-9-23(2)10-20-29/h9-20,26,30H,4-8,21-22H2,1-3H3,(H,34,38). The summed E-state index contributed by atoms with van der Waals surface area (Å²) in [5.41, 5.74) is 1.77. The molecule has 1 fully saturated rings. The van der Waals surface area contributed by atoms with Gasteiger partial charge in [-0.25, -0.2) is 12.8 Å². The molecule has 3 aromatic rings. The molecule has 0 saturated heterocycles. The van der Waals surface area contributed by atoms with Crippen LogP contribution in [0.15, 0.2) is 77.7 Å². The fourth-order valence-corrected chi connectivity index (χ4v) is 6.60. The van der Waals surface area contributed by atoms with E-state index in [1.807, 2.05) is 26.0 Å². The van der Waals surface area contributed by atoms with Crippen molar-refractivity contribution in [3.63, 3.8) is 0 Å². The van der Waals surface area contributed by atoms with E-state index in [9.17, 15) is 22.4 Å². The molecule has 0 bridgehead atoms. The predicted molar refractivity (Wildman–Crippen MR) is 160 cm³/mol. The fraction of sp³-hybridized carbons (Fsp3) is 0.375. The summed E-state index contributed by atoms with van der Waals surface area (Å²) in [5, 5.41) is 3.10. The van der Waals surface area contributed by atoms with Gasteiger partial charge >= 0.3 is 0 Å². The largest absolute Gasteiger partial charge is 0.497 e. The highest BCUT2D eigenvalue weighted by Gasteiger charge is 2.34. The molecule has 3 aromatic carbocycles. The summed E-state index contributed by atoms with van der Waals surface area (Å²) in [6.07, 6.45) is 4.20. The maximum atomic E-state index is 14.1. The van der Waals surface area contributed by atoms with Crippen molar-refractivity contribution in [1.82, 2.24) is 10.2 Å². The number of carbonyl (C=O) groups excluding carboxylic acids is 2. The molecular weight excluding hydrogens is 557 g/mol. The van der Waals surface area contributed by atoms with Crippen LogP contribution < -0.4 is 14.4 Å². The van der Waals surface area contributed by atoms with Crippen LogP contribution in [0, 0.1) is 12.7 Å². The fourth-order valence-electron chi connectivity index (χ4n) is 5.19. The molecule has 2 amide bonds. The van der Waals surface area contributed by atoms with Crippen molar-refractivity contribution < 1.29 is 27.1 Å². The molecule has 0 aliphatic heterocycles. The van der Waals surface area contributed by atoms with E-state index in [4.69, 9.17) is 4.74 Å². The van der Waals surface area contributed by atoms with Crippen LogP contribution in [0.1, 0.15) is 50.2 Å². The Morgan fingerprint density at radius 3 is 2.17 bits per heavy atom. The molecule has 10 heteroatoms. The van der Waals surface area contributed by atoms with Crippen LogP contribution in [0.4, 0.5) is 10.1 Å². The monoisotopic (exact) mass is 595 g/mol. The van der Waals surface area contributed by atoms with E-state index in [2.05, 4.69) is 5.32 Å². The zero-order valence-electron chi connectivity index (χ0n) is 24.3. The maximum Gasteiger partial charge on any atom is 0.264 e. The van der Waals surface area contributed by atoms with Gasteiger partial charge in [0.15, 0.2) is 0 Å². The summed E-state index contributed by atoms with van der Waals surface area (Å²) in [7, 11) is -2.66. The number of rotatable bonds is 12. The maximum absolute atomic E-state index is 14.1. The zero-order chi connectivity index (χ0) is 30.3. The lowest BCUT2D eigenvalue weighted by atomic mass is 10.1. The topological polar surface area (TPSA) is 96.0 Å². The van der Waals surface area contributed by atoms with Crippen LogP contribution >= 0.6 is 0 Å². The summed E-state index contributed by atoms with van der Waals surface area (Å²) >= 11 is 0. The van der Waals surface area contributed by atoms with Crippen molar-refractivity contribution in [1.29, 1.82) is 0 Å². The Bertz CT molecular complexity index is 1460. The number of ether oxygens (including phenoxy) is 1. The van der Waals surface area contributed by atoms with Gasteiger partial charge in [-0.2, -0.15) is 0 Å². The van der Waals surface area contributed by atoms with Gasteiger partial charge in [-0.15, -0.1) is 0 Å². The van der Waals surface area contributed by atoms with E-state index in [0.29, 0.717) is 12.2 Å². The number of sulfonamides is 1. The average molecular weight is 596 g/mol. The molecule has 0 radical (unpaired) electrons. The first-order valence-electron chi connectivity index (χ1n) is 14.2. The van der Waals surface area contributed by atoms with E-state index >= 15 is 0 Å². The second-order valence-corrected chi connectivity index (χ2v) is 12.4. The average Bonchev–Trinajstić information content (AvgIpc) is 3.49. The number of amides is 2. The lowest BCUT2D eigenvalue weighted by molar-refractivity contribution is -0.140. The molecule has 1 unspecified atom stereocenters. The van der Waals surface area contributed by atoms with Gasteiger partial charge in [0.2, 0.25) is 11.8 Å². The Morgan fingerprint density at radius 1 is 0.976 bits per heavy atom. The Morgan fingerprint density at radius 2 is 1.60 bits per heavy atom. The number of nitrogens with zero attached hydrogens (tertiary/aromatic N) is 2. The number of nitrogens with one attached hydrogen (secondary N) is 1. The van der Waals surface area contributed by atoms with Crippen molar-refractivity contribution in [2.24, 2.45) is 0 Å². The van der Waals surface area contributed by atoms with Crippen molar-refractivity contribution >= 4 is 27.5 Å². The summed E-state index contributed by atoms with van der Waals surface area (Å²) in [5.74, 6) is -0.705. The minimum atomic E-state index is -4.22. The Balaban J connectivity index is 1.70. The molecule has 1 aliphatic rings. The highest BCUT2D eigenvalue weighted by molar-refractivity contribution is 7.92. The molecule has 0 spiro atoms. The second kappa shape index (κ2) is 13.8. The van der Waals surface area contributed by atoms with E-state index in [1.54, 1.807) is 31.4 Å². The van der Waals surface area contributed by atoms with Crippen LogP contribution in [-0.2, 0) is 26.2 Å². The number of hydrogen-bond donors (Lipinski definition) is 1. The van der Waals surface area contributed by atoms with E-state index < -0.39 is 34.3 Å². The third kappa shape index (κ3) is 7.47. The Hall–Kier alpha value is -3.92. The van der Waals surface area contributed by atoms with Crippen molar-refractivity contribution in [2.45, 2.75) is 69.5 Å². The molecule has 42 heavy (non-hydrogen) atoms. The smallest absolute Gasteiger partial charge is 0.264 e. The lowest BCUT2D eigenvalue weighted by Crippen LogP contribution is -2.53. The number of hydrogen-bond acceptors (Lipinski definition) is 5. The van der Waals surface area contributed by atoms with Gasteiger partial charge in [0.05, 0.1) is 17.7 Å². The Labute approximate surface area is 247 Å². The third-order valence-corrected chi connectivity index (χ3v) is 9.39. The van der Waals surface area contributed by atoms with Crippen LogP contribution in [-0.4, -0.2) is 50.9 Å². The van der Waals surface area contributed by atoms with Crippen LogP contribution in [0.3, 0.4) is 0 Å². The van der Waals surface area contributed by atoms with E-state index in [-0.39, 0.29) is 29.1 Å². The first kappa shape index (κ1) is 31.0. The predicted octanol–water partition coefficient (Wildman–Crippen LogP) is 5.20. The third-order valence-electron chi connectivity index (χ3n) is 7.60. The zero-order valence-corrected chi connectivity index (χ0v) is 25.1. The molecular formula is C32H38FN3O5S. The number of aryl methyl sites for hydroxylation is 1. The number of anilines is 1. The highest BCUT2D eigenvalue weighted by atomic mass is 32.2. The summed E-state index contributed by atoms with van der Waals surface area (Å²) < 4.78 is 47.8. The number of halogens is 1. The van der Waals surface area contributed by atoms with Gasteiger partial charge in [0, 0.05) is 12.6 Å². The molecule has 1 N–H and O–H groups in total. The van der Waals surface area contributed by atoms with Gasteiger partial charge in [0.1, 0.15) is 24.2 Å². The van der Waals surface area contributed by atoms with E-state index in [0.717, 1.165) is 53.2 Å². The van der Waals surface area contributed by atoms with Crippen LogP contribution in [0.25, 0.3) is 0 Å². The van der Waals surface area contributed by atoms with Crippen molar-refractivity contribution in [3.05, 3.63) is 89.7 Å². The van der Waals surface area contributed by atoms with Gasteiger partial charge in [-0.3, -0.25) is 13.9 Å². The molecule has 1 atom stereocenters. The van der Waals surface area contributed by atoms with Gasteiger partial charge < -0.3 is 15.0 Å². The molecule has 1 aliphatic carbocycles. The summed E-state index contributed by atoms with van der Waals surface area (Å²) in [4.78, 5) is 29.1. The normalized spacial score (nSPS) is 14.3.